The quantitative estimate of drug-likeness (QED) is 0.771. The molecule has 0 saturated heterocycles. The lowest BCUT2D eigenvalue weighted by molar-refractivity contribution is -0.116. The summed E-state index contributed by atoms with van der Waals surface area (Å²) in [6.45, 7) is 0.508. The van der Waals surface area contributed by atoms with E-state index in [1.54, 1.807) is 11.9 Å². The molecule has 0 atom stereocenters. The van der Waals surface area contributed by atoms with E-state index in [2.05, 4.69) is 4.98 Å². The van der Waals surface area contributed by atoms with Crippen molar-refractivity contribution in [3.05, 3.63) is 17.3 Å². The van der Waals surface area contributed by atoms with Gasteiger partial charge in [-0.3, -0.25) is 9.20 Å². The summed E-state index contributed by atoms with van der Waals surface area (Å²) in [6.07, 6.45) is 1.91. The molecule has 1 amide bonds. The van der Waals surface area contributed by atoms with Gasteiger partial charge in [0.1, 0.15) is 0 Å². The number of likely N-dealkylation sites (N-methyl/N-ethyl adjacent to an activating group) is 1. The molecule has 0 radical (unpaired) electrons. The van der Waals surface area contributed by atoms with Crippen molar-refractivity contribution < 1.29 is 4.79 Å². The molecule has 2 aromatic heterocycles. The molecule has 16 heavy (non-hydrogen) atoms. The van der Waals surface area contributed by atoms with Crippen LogP contribution in [0.15, 0.2) is 11.6 Å². The monoisotopic (exact) mass is 239 g/mol. The second-order valence-corrected chi connectivity index (χ2v) is 4.34. The fourth-order valence-electron chi connectivity index (χ4n) is 1.63. The SMILES string of the molecule is CN(CC(N)=O)c1nc2sccn2c1CN. The van der Waals surface area contributed by atoms with Crippen LogP contribution in [-0.4, -0.2) is 28.9 Å². The van der Waals surface area contributed by atoms with E-state index in [1.807, 2.05) is 16.0 Å². The van der Waals surface area contributed by atoms with Crippen molar-refractivity contribution in [2.45, 2.75) is 6.54 Å². The van der Waals surface area contributed by atoms with Crippen LogP contribution in [0.25, 0.3) is 4.96 Å². The van der Waals surface area contributed by atoms with Gasteiger partial charge in [0.2, 0.25) is 5.91 Å². The molecular weight excluding hydrogens is 226 g/mol. The minimum atomic E-state index is -0.387. The van der Waals surface area contributed by atoms with Gasteiger partial charge in [-0.1, -0.05) is 0 Å². The Labute approximate surface area is 96.5 Å². The van der Waals surface area contributed by atoms with Gasteiger partial charge in [-0.15, -0.1) is 11.3 Å². The van der Waals surface area contributed by atoms with Crippen molar-refractivity contribution >= 4 is 28.0 Å². The molecule has 0 saturated carbocycles. The van der Waals surface area contributed by atoms with Crippen LogP contribution in [0, 0.1) is 0 Å². The number of fused-ring (bicyclic) bond motifs is 1. The predicted octanol–water partition coefficient (Wildman–Crippen LogP) is -0.224. The molecule has 0 aliphatic carbocycles. The summed E-state index contributed by atoms with van der Waals surface area (Å²) in [5, 5.41) is 1.94. The molecule has 0 aliphatic heterocycles. The van der Waals surface area contributed by atoms with E-state index < -0.39 is 0 Å². The molecule has 2 aromatic rings. The Kier molecular flexibility index (Phi) is 2.80. The van der Waals surface area contributed by atoms with E-state index in [1.165, 1.54) is 11.3 Å². The molecule has 2 rings (SSSR count). The number of hydrogen-bond acceptors (Lipinski definition) is 5. The van der Waals surface area contributed by atoms with Gasteiger partial charge in [0.05, 0.1) is 12.2 Å². The summed E-state index contributed by atoms with van der Waals surface area (Å²) in [5.74, 6) is 0.329. The van der Waals surface area contributed by atoms with Gasteiger partial charge in [-0.05, 0) is 0 Å². The second kappa shape index (κ2) is 4.11. The number of primary amides is 1. The normalized spacial score (nSPS) is 10.9. The van der Waals surface area contributed by atoms with Crippen LogP contribution in [0.1, 0.15) is 5.69 Å². The zero-order valence-electron chi connectivity index (χ0n) is 8.88. The van der Waals surface area contributed by atoms with Crippen molar-refractivity contribution in [1.29, 1.82) is 0 Å². The molecule has 0 spiro atoms. The molecule has 6 nitrogen and oxygen atoms in total. The number of rotatable bonds is 4. The highest BCUT2D eigenvalue weighted by Crippen LogP contribution is 2.23. The smallest absolute Gasteiger partial charge is 0.236 e. The fraction of sp³-hybridized carbons (Fsp3) is 0.333. The molecule has 4 N–H and O–H groups in total. The first-order chi connectivity index (χ1) is 7.63. The Bertz CT molecular complexity index is 517. The van der Waals surface area contributed by atoms with Crippen LogP contribution in [-0.2, 0) is 11.3 Å². The largest absolute Gasteiger partial charge is 0.368 e. The highest BCUT2D eigenvalue weighted by Gasteiger charge is 2.16. The van der Waals surface area contributed by atoms with Gasteiger partial charge >= 0.3 is 0 Å². The van der Waals surface area contributed by atoms with E-state index in [-0.39, 0.29) is 12.5 Å². The number of amides is 1. The number of imidazole rings is 1. The first-order valence-electron chi connectivity index (χ1n) is 4.77. The molecule has 86 valence electrons. The van der Waals surface area contributed by atoms with Crippen molar-refractivity contribution in [2.75, 3.05) is 18.5 Å². The third kappa shape index (κ3) is 1.74. The van der Waals surface area contributed by atoms with Crippen LogP contribution in [0.5, 0.6) is 0 Å². The van der Waals surface area contributed by atoms with Gasteiger partial charge in [-0.25, -0.2) is 4.98 Å². The molecule has 0 unspecified atom stereocenters. The maximum atomic E-state index is 10.9. The number of thiazole rings is 1. The van der Waals surface area contributed by atoms with Crippen molar-refractivity contribution in [3.8, 4) is 0 Å². The van der Waals surface area contributed by atoms with E-state index in [4.69, 9.17) is 11.5 Å². The summed E-state index contributed by atoms with van der Waals surface area (Å²) in [6, 6.07) is 0. The van der Waals surface area contributed by atoms with Crippen molar-refractivity contribution in [2.24, 2.45) is 11.5 Å². The third-order valence-electron chi connectivity index (χ3n) is 2.29. The number of carbonyl (C=O) groups excluding carboxylic acids is 1. The minimum absolute atomic E-state index is 0.137. The zero-order chi connectivity index (χ0) is 11.7. The maximum Gasteiger partial charge on any atom is 0.236 e. The van der Waals surface area contributed by atoms with Gasteiger partial charge in [0, 0.05) is 25.2 Å². The van der Waals surface area contributed by atoms with Crippen LogP contribution in [0.3, 0.4) is 0 Å². The lowest BCUT2D eigenvalue weighted by Gasteiger charge is -2.15. The van der Waals surface area contributed by atoms with E-state index in [0.717, 1.165) is 10.7 Å². The molecule has 0 aliphatic rings. The Morgan fingerprint density at radius 3 is 3.06 bits per heavy atom. The summed E-state index contributed by atoms with van der Waals surface area (Å²) in [5.41, 5.74) is 11.7. The van der Waals surface area contributed by atoms with Crippen molar-refractivity contribution in [3.63, 3.8) is 0 Å². The number of nitrogens with zero attached hydrogens (tertiary/aromatic N) is 3. The van der Waals surface area contributed by atoms with Crippen LogP contribution < -0.4 is 16.4 Å². The highest BCUT2D eigenvalue weighted by molar-refractivity contribution is 7.15. The molecular formula is C9H13N5OS. The third-order valence-corrected chi connectivity index (χ3v) is 3.04. The molecule has 0 bridgehead atoms. The number of anilines is 1. The maximum absolute atomic E-state index is 10.9. The minimum Gasteiger partial charge on any atom is -0.368 e. The lowest BCUT2D eigenvalue weighted by atomic mass is 10.4. The zero-order valence-corrected chi connectivity index (χ0v) is 9.70. The average Bonchev–Trinajstić information content (AvgIpc) is 2.74. The fourth-order valence-corrected chi connectivity index (χ4v) is 2.35. The number of hydrogen-bond donors (Lipinski definition) is 2. The summed E-state index contributed by atoms with van der Waals surface area (Å²) >= 11 is 1.53. The van der Waals surface area contributed by atoms with Gasteiger partial charge in [0.15, 0.2) is 10.8 Å². The molecule has 2 heterocycles. The van der Waals surface area contributed by atoms with E-state index in [0.29, 0.717) is 12.4 Å². The highest BCUT2D eigenvalue weighted by atomic mass is 32.1. The van der Waals surface area contributed by atoms with Gasteiger partial charge in [0.25, 0.3) is 0 Å². The van der Waals surface area contributed by atoms with Crippen LogP contribution >= 0.6 is 11.3 Å². The Balaban J connectivity index is 2.42. The predicted molar refractivity (Wildman–Crippen MR) is 63.4 cm³/mol. The van der Waals surface area contributed by atoms with E-state index >= 15 is 0 Å². The Morgan fingerprint density at radius 2 is 2.44 bits per heavy atom. The average molecular weight is 239 g/mol. The van der Waals surface area contributed by atoms with Gasteiger partial charge < -0.3 is 16.4 Å². The topological polar surface area (TPSA) is 89.6 Å². The van der Waals surface area contributed by atoms with Crippen LogP contribution in [0.2, 0.25) is 0 Å². The van der Waals surface area contributed by atoms with Gasteiger partial charge in [-0.2, -0.15) is 0 Å². The van der Waals surface area contributed by atoms with Crippen molar-refractivity contribution in [1.82, 2.24) is 9.38 Å². The van der Waals surface area contributed by atoms with E-state index in [9.17, 15) is 4.79 Å². The first-order valence-corrected chi connectivity index (χ1v) is 5.65. The first kappa shape index (κ1) is 10.9. The summed E-state index contributed by atoms with van der Waals surface area (Å²) in [4.78, 5) is 17.8. The molecule has 0 fully saturated rings. The number of nitrogens with two attached hydrogens (primary N) is 2. The number of carbonyl (C=O) groups is 1. The molecule has 0 aromatic carbocycles. The standard InChI is InChI=1S/C9H13N5OS/c1-13(5-7(11)15)8-6(4-10)14-2-3-16-9(14)12-8/h2-3H,4-5,10H2,1H3,(H2,11,15). The van der Waals surface area contributed by atoms with Crippen LogP contribution in [0.4, 0.5) is 5.82 Å². The Morgan fingerprint density at radius 1 is 1.69 bits per heavy atom. The Hall–Kier alpha value is -1.60. The number of aromatic nitrogens is 2. The summed E-state index contributed by atoms with van der Waals surface area (Å²) < 4.78 is 1.93. The second-order valence-electron chi connectivity index (χ2n) is 3.46. The summed E-state index contributed by atoms with van der Waals surface area (Å²) in [7, 11) is 1.77. The molecule has 7 heteroatoms. The lowest BCUT2D eigenvalue weighted by Crippen LogP contribution is -2.31.